The van der Waals surface area contributed by atoms with Crippen LogP contribution < -0.4 is 5.73 Å². The van der Waals surface area contributed by atoms with E-state index in [1.807, 2.05) is 0 Å². The van der Waals surface area contributed by atoms with E-state index in [-0.39, 0.29) is 19.2 Å². The third-order valence-corrected chi connectivity index (χ3v) is 1.12. The van der Waals surface area contributed by atoms with Crippen LogP contribution in [-0.4, -0.2) is 35.6 Å². The molecule has 1 saturated heterocycles. The van der Waals surface area contributed by atoms with Crippen LogP contribution in [0.15, 0.2) is 0 Å². The molecule has 52 valence electrons. The fraction of sp³-hybridized carbons (Fsp3) is 0.750. The molecule has 1 rings (SSSR count). The van der Waals surface area contributed by atoms with E-state index in [1.54, 1.807) is 0 Å². The van der Waals surface area contributed by atoms with Crippen LogP contribution in [0.25, 0.3) is 0 Å². The number of carbonyl (C=O) groups is 1. The molecule has 0 spiro atoms. The van der Waals surface area contributed by atoms with Crippen molar-refractivity contribution in [3.8, 4) is 0 Å². The molecule has 5 nitrogen and oxygen atoms in total. The van der Waals surface area contributed by atoms with Gasteiger partial charge in [-0.05, 0) is 0 Å². The van der Waals surface area contributed by atoms with Gasteiger partial charge in [0.15, 0.2) is 0 Å². The van der Waals surface area contributed by atoms with Gasteiger partial charge < -0.3 is 10.5 Å². The summed E-state index contributed by atoms with van der Waals surface area (Å²) in [5, 5.41) is 9.11. The van der Waals surface area contributed by atoms with Crippen LogP contribution in [0.2, 0.25) is 0 Å². The van der Waals surface area contributed by atoms with E-state index in [9.17, 15) is 4.79 Å². The second kappa shape index (κ2) is 2.20. The summed E-state index contributed by atoms with van der Waals surface area (Å²) in [6.07, 6.45) is -1.06. The van der Waals surface area contributed by atoms with Crippen LogP contribution >= 0.6 is 0 Å². The van der Waals surface area contributed by atoms with Crippen molar-refractivity contribution in [3.63, 3.8) is 0 Å². The van der Waals surface area contributed by atoms with Crippen LogP contribution in [0.3, 0.4) is 0 Å². The van der Waals surface area contributed by atoms with Crippen molar-refractivity contribution in [2.24, 2.45) is 5.73 Å². The van der Waals surface area contributed by atoms with E-state index in [0.717, 1.165) is 0 Å². The highest BCUT2D eigenvalue weighted by Gasteiger charge is 2.28. The normalized spacial score (nSPS) is 26.7. The van der Waals surface area contributed by atoms with E-state index >= 15 is 0 Å². The highest BCUT2D eigenvalue weighted by atomic mass is 16.7. The summed E-state index contributed by atoms with van der Waals surface area (Å²) in [7, 11) is 0. The molecule has 0 bridgehead atoms. The zero-order valence-corrected chi connectivity index (χ0v) is 4.78. The minimum Gasteiger partial charge on any atom is -0.441 e. The highest BCUT2D eigenvalue weighted by Crippen LogP contribution is 2.05. The molecule has 0 aromatic carbocycles. The maximum absolute atomic E-state index is 10.3. The predicted molar refractivity (Wildman–Crippen MR) is 27.8 cm³/mol. The Morgan fingerprint density at radius 1 is 2.00 bits per heavy atom. The topological polar surface area (TPSA) is 75.8 Å². The average molecular weight is 132 g/mol. The molecule has 1 aliphatic heterocycles. The number of hydrogen-bond donors (Lipinski definition) is 2. The fourth-order valence-electron chi connectivity index (χ4n) is 0.631. The molecule has 0 aliphatic carbocycles. The summed E-state index contributed by atoms with van der Waals surface area (Å²) in [4.78, 5) is 10.3. The summed E-state index contributed by atoms with van der Waals surface area (Å²) in [5.41, 5.74) is 5.14. The van der Waals surface area contributed by atoms with Gasteiger partial charge in [0.05, 0.1) is 6.54 Å². The van der Waals surface area contributed by atoms with Crippen LogP contribution in [-0.2, 0) is 4.74 Å². The molecule has 0 unspecified atom stereocenters. The molecule has 1 amide bonds. The number of ether oxygens (including phenoxy) is 1. The van der Waals surface area contributed by atoms with Gasteiger partial charge in [-0.3, -0.25) is 5.21 Å². The van der Waals surface area contributed by atoms with E-state index in [4.69, 9.17) is 10.9 Å². The molecule has 0 aromatic heterocycles. The van der Waals surface area contributed by atoms with Crippen molar-refractivity contribution in [3.05, 3.63) is 0 Å². The summed E-state index contributed by atoms with van der Waals surface area (Å²) >= 11 is 0. The van der Waals surface area contributed by atoms with Crippen LogP contribution in [0.5, 0.6) is 0 Å². The number of hydrogen-bond acceptors (Lipinski definition) is 4. The number of amides is 1. The molecule has 1 heterocycles. The standard InChI is InChI=1S/C4H8N2O3/c5-1-3-2-6(8)4(7)9-3/h3,8H,1-2,5H2/t3-/m0/s1. The molecule has 1 fully saturated rings. The Balaban J connectivity index is 2.44. The van der Waals surface area contributed by atoms with Gasteiger partial charge in [-0.1, -0.05) is 0 Å². The predicted octanol–water partition coefficient (Wildman–Crippen LogP) is -0.845. The lowest BCUT2D eigenvalue weighted by molar-refractivity contribution is -0.0311. The van der Waals surface area contributed by atoms with E-state index < -0.39 is 6.09 Å². The first-order valence-electron chi connectivity index (χ1n) is 2.61. The molecular weight excluding hydrogens is 124 g/mol. The molecule has 1 aliphatic rings. The minimum absolute atomic E-state index is 0.176. The smallest absolute Gasteiger partial charge is 0.434 e. The summed E-state index contributed by atoms with van der Waals surface area (Å²) in [6.45, 7) is 0.429. The molecule has 5 heteroatoms. The van der Waals surface area contributed by atoms with Gasteiger partial charge in [-0.15, -0.1) is 0 Å². The Labute approximate surface area is 52.0 Å². The van der Waals surface area contributed by atoms with Crippen LogP contribution in [0, 0.1) is 0 Å². The number of hydroxylamine groups is 2. The first-order valence-corrected chi connectivity index (χ1v) is 2.61. The lowest BCUT2D eigenvalue weighted by Gasteiger charge is -1.99. The Morgan fingerprint density at radius 2 is 2.67 bits per heavy atom. The van der Waals surface area contributed by atoms with Crippen molar-refractivity contribution >= 4 is 6.09 Å². The molecule has 9 heavy (non-hydrogen) atoms. The highest BCUT2D eigenvalue weighted by molar-refractivity contribution is 5.68. The van der Waals surface area contributed by atoms with Crippen LogP contribution in [0.4, 0.5) is 4.79 Å². The number of cyclic esters (lactones) is 1. The zero-order valence-electron chi connectivity index (χ0n) is 4.78. The average Bonchev–Trinajstić information content (AvgIpc) is 2.13. The van der Waals surface area contributed by atoms with E-state index in [2.05, 4.69) is 4.74 Å². The quantitative estimate of drug-likeness (QED) is 0.456. The molecule has 3 N–H and O–H groups in total. The zero-order chi connectivity index (χ0) is 6.85. The Hall–Kier alpha value is -0.810. The summed E-state index contributed by atoms with van der Waals surface area (Å²) in [5.74, 6) is 0. The SMILES string of the molecule is NC[C@H]1CN(O)C(=O)O1. The van der Waals surface area contributed by atoms with Crippen molar-refractivity contribution in [2.75, 3.05) is 13.1 Å². The largest absolute Gasteiger partial charge is 0.441 e. The first kappa shape index (κ1) is 6.31. The molecular formula is C4H8N2O3. The third-order valence-electron chi connectivity index (χ3n) is 1.12. The third kappa shape index (κ3) is 1.11. The van der Waals surface area contributed by atoms with Gasteiger partial charge in [0, 0.05) is 6.54 Å². The van der Waals surface area contributed by atoms with Gasteiger partial charge in [-0.2, -0.15) is 5.06 Å². The molecule has 1 atom stereocenters. The van der Waals surface area contributed by atoms with Gasteiger partial charge in [0.1, 0.15) is 6.10 Å². The van der Waals surface area contributed by atoms with E-state index in [0.29, 0.717) is 5.06 Å². The summed E-state index contributed by atoms with van der Waals surface area (Å²) < 4.78 is 4.53. The van der Waals surface area contributed by atoms with E-state index in [1.165, 1.54) is 0 Å². The number of nitrogens with two attached hydrogens (primary N) is 1. The van der Waals surface area contributed by atoms with Crippen molar-refractivity contribution in [2.45, 2.75) is 6.10 Å². The maximum Gasteiger partial charge on any atom is 0.434 e. The monoisotopic (exact) mass is 132 g/mol. The number of rotatable bonds is 1. The molecule has 0 saturated carbocycles. The van der Waals surface area contributed by atoms with Gasteiger partial charge in [0.25, 0.3) is 0 Å². The number of carbonyl (C=O) groups excluding carboxylic acids is 1. The number of nitrogens with zero attached hydrogens (tertiary/aromatic N) is 1. The van der Waals surface area contributed by atoms with Gasteiger partial charge in [-0.25, -0.2) is 4.79 Å². The second-order valence-electron chi connectivity index (χ2n) is 1.82. The Bertz CT molecular complexity index is 127. The second-order valence-corrected chi connectivity index (χ2v) is 1.82. The van der Waals surface area contributed by atoms with Crippen molar-refractivity contribution in [1.29, 1.82) is 0 Å². The van der Waals surface area contributed by atoms with Crippen molar-refractivity contribution in [1.82, 2.24) is 5.06 Å². The van der Waals surface area contributed by atoms with Crippen molar-refractivity contribution < 1.29 is 14.7 Å². The molecule has 0 aromatic rings. The van der Waals surface area contributed by atoms with Gasteiger partial charge >= 0.3 is 6.09 Å². The Morgan fingerprint density at radius 3 is 2.89 bits per heavy atom. The lowest BCUT2D eigenvalue weighted by atomic mass is 10.4. The fourth-order valence-corrected chi connectivity index (χ4v) is 0.631. The van der Waals surface area contributed by atoms with Crippen LogP contribution in [0.1, 0.15) is 0 Å². The van der Waals surface area contributed by atoms with Gasteiger partial charge in [0.2, 0.25) is 0 Å². The lowest BCUT2D eigenvalue weighted by Crippen LogP contribution is -2.25. The first-order chi connectivity index (χ1) is 4.24. The Kier molecular flexibility index (Phi) is 1.54. The summed E-state index contributed by atoms with van der Waals surface area (Å²) in [6, 6.07) is 0. The maximum atomic E-state index is 10.3. The molecule has 0 radical (unpaired) electrons. The minimum atomic E-state index is -0.717.